The number of anilines is 1. The highest BCUT2D eigenvalue weighted by Crippen LogP contribution is 2.13. The Morgan fingerprint density at radius 1 is 1.18 bits per heavy atom. The van der Waals surface area contributed by atoms with E-state index in [0.717, 1.165) is 31.7 Å². The third kappa shape index (κ3) is 7.46. The minimum Gasteiger partial charge on any atom is -0.362 e. The van der Waals surface area contributed by atoms with Crippen molar-refractivity contribution in [2.75, 3.05) is 50.8 Å². The van der Waals surface area contributed by atoms with Gasteiger partial charge in [0.1, 0.15) is 19.0 Å². The predicted octanol–water partition coefficient (Wildman–Crippen LogP) is 2.08. The summed E-state index contributed by atoms with van der Waals surface area (Å²) in [5, 5.41) is 2.92. The van der Waals surface area contributed by atoms with Gasteiger partial charge < -0.3 is 19.9 Å². The van der Waals surface area contributed by atoms with Crippen LogP contribution < -0.4 is 10.2 Å². The van der Waals surface area contributed by atoms with Crippen LogP contribution in [0.25, 0.3) is 0 Å². The van der Waals surface area contributed by atoms with E-state index in [-0.39, 0.29) is 25.0 Å². The summed E-state index contributed by atoms with van der Waals surface area (Å²) < 4.78 is 5.34. The molecule has 0 aliphatic carbocycles. The summed E-state index contributed by atoms with van der Waals surface area (Å²) in [4.78, 5) is 32.5. The molecule has 1 aromatic rings. The fourth-order valence-corrected chi connectivity index (χ4v) is 3.30. The number of rotatable bonds is 11. The van der Waals surface area contributed by atoms with Crippen LogP contribution in [0.4, 0.5) is 5.82 Å². The maximum absolute atomic E-state index is 12.3. The van der Waals surface area contributed by atoms with Gasteiger partial charge in [0.2, 0.25) is 11.8 Å². The van der Waals surface area contributed by atoms with Crippen LogP contribution in [0.2, 0.25) is 0 Å². The van der Waals surface area contributed by atoms with Crippen molar-refractivity contribution in [1.29, 1.82) is 0 Å². The lowest BCUT2D eigenvalue weighted by atomic mass is 9.99. The van der Waals surface area contributed by atoms with E-state index in [4.69, 9.17) is 4.74 Å². The van der Waals surface area contributed by atoms with Crippen molar-refractivity contribution in [3.05, 3.63) is 24.4 Å². The van der Waals surface area contributed by atoms with E-state index < -0.39 is 0 Å². The molecule has 7 nitrogen and oxygen atoms in total. The third-order valence-electron chi connectivity index (χ3n) is 5.20. The maximum atomic E-state index is 12.3. The van der Waals surface area contributed by atoms with Gasteiger partial charge in [-0.3, -0.25) is 9.59 Å². The smallest absolute Gasteiger partial charge is 0.248 e. The standard InChI is InChI=1S/C21H34N4O3/c1-3-5-8-18(4-2)15-23-20(26)16-28-17-21(27)25-13-11-24(12-14-25)19-9-6-7-10-22-19/h6-7,9-10,18H,3-5,8,11-17H2,1-2H3,(H,23,26)/t18-/m1/s1. The molecule has 0 unspecified atom stereocenters. The molecule has 1 saturated heterocycles. The Hall–Kier alpha value is -2.15. The fraction of sp³-hybridized carbons (Fsp3) is 0.667. The molecule has 28 heavy (non-hydrogen) atoms. The Balaban J connectivity index is 1.60. The van der Waals surface area contributed by atoms with Crippen LogP contribution in [-0.2, 0) is 14.3 Å². The Morgan fingerprint density at radius 2 is 1.96 bits per heavy atom. The monoisotopic (exact) mass is 390 g/mol. The van der Waals surface area contributed by atoms with Gasteiger partial charge in [-0.2, -0.15) is 0 Å². The molecule has 2 rings (SSSR count). The van der Waals surface area contributed by atoms with Gasteiger partial charge in [-0.25, -0.2) is 4.98 Å². The molecule has 0 radical (unpaired) electrons. The number of piperazine rings is 1. The first-order chi connectivity index (χ1) is 13.6. The molecule has 2 amide bonds. The summed E-state index contributed by atoms with van der Waals surface area (Å²) in [7, 11) is 0. The van der Waals surface area contributed by atoms with Gasteiger partial charge in [0.15, 0.2) is 0 Å². The number of pyridine rings is 1. The molecule has 1 fully saturated rings. The van der Waals surface area contributed by atoms with Crippen molar-refractivity contribution < 1.29 is 14.3 Å². The van der Waals surface area contributed by atoms with Gasteiger partial charge in [-0.1, -0.05) is 39.2 Å². The van der Waals surface area contributed by atoms with Crippen molar-refractivity contribution in [2.45, 2.75) is 39.5 Å². The number of aromatic nitrogens is 1. The number of amides is 2. The van der Waals surface area contributed by atoms with E-state index in [1.807, 2.05) is 18.2 Å². The minimum atomic E-state index is -0.150. The van der Waals surface area contributed by atoms with E-state index in [9.17, 15) is 9.59 Å². The third-order valence-corrected chi connectivity index (χ3v) is 5.20. The lowest BCUT2D eigenvalue weighted by Gasteiger charge is -2.35. The fourth-order valence-electron chi connectivity index (χ4n) is 3.30. The second-order valence-electron chi connectivity index (χ2n) is 7.27. The Labute approximate surface area is 168 Å². The highest BCUT2D eigenvalue weighted by molar-refractivity contribution is 5.79. The molecule has 1 atom stereocenters. The number of hydrogen-bond donors (Lipinski definition) is 1. The van der Waals surface area contributed by atoms with Crippen molar-refractivity contribution in [1.82, 2.24) is 15.2 Å². The number of ether oxygens (including phenoxy) is 1. The van der Waals surface area contributed by atoms with Gasteiger partial charge in [-0.15, -0.1) is 0 Å². The molecule has 156 valence electrons. The van der Waals surface area contributed by atoms with Crippen LogP contribution in [0.3, 0.4) is 0 Å². The molecule has 0 aromatic carbocycles. The summed E-state index contributed by atoms with van der Waals surface area (Å²) in [5.41, 5.74) is 0. The second kappa shape index (κ2) is 12.3. The van der Waals surface area contributed by atoms with E-state index >= 15 is 0 Å². The van der Waals surface area contributed by atoms with Crippen LogP contribution in [0.15, 0.2) is 24.4 Å². The average molecular weight is 391 g/mol. The van der Waals surface area contributed by atoms with Crippen LogP contribution >= 0.6 is 0 Å². The summed E-state index contributed by atoms with van der Waals surface area (Å²) in [6, 6.07) is 5.83. The molecule has 7 heteroatoms. The van der Waals surface area contributed by atoms with Crippen LogP contribution in [0.1, 0.15) is 39.5 Å². The molecule has 1 aliphatic rings. The SMILES string of the molecule is CCCC[C@@H](CC)CNC(=O)COCC(=O)N1CCN(c2ccccn2)CC1. The summed E-state index contributed by atoms with van der Waals surface area (Å²) in [6.45, 7) is 7.67. The Bertz CT molecular complexity index is 589. The summed E-state index contributed by atoms with van der Waals surface area (Å²) in [6.07, 6.45) is 6.33. The first kappa shape index (κ1) is 22.1. The number of carbonyl (C=O) groups excluding carboxylic acids is 2. The van der Waals surface area contributed by atoms with E-state index in [2.05, 4.69) is 29.0 Å². The summed E-state index contributed by atoms with van der Waals surface area (Å²) >= 11 is 0. The summed E-state index contributed by atoms with van der Waals surface area (Å²) in [5.74, 6) is 1.23. The largest absolute Gasteiger partial charge is 0.362 e. The van der Waals surface area contributed by atoms with Crippen molar-refractivity contribution >= 4 is 17.6 Å². The second-order valence-corrected chi connectivity index (χ2v) is 7.27. The maximum Gasteiger partial charge on any atom is 0.248 e. The number of nitrogens with one attached hydrogen (secondary N) is 1. The molecule has 1 aromatic heterocycles. The highest BCUT2D eigenvalue weighted by atomic mass is 16.5. The molecule has 2 heterocycles. The normalized spacial score (nSPS) is 15.4. The highest BCUT2D eigenvalue weighted by Gasteiger charge is 2.22. The van der Waals surface area contributed by atoms with Gasteiger partial charge in [0, 0.05) is 38.9 Å². The Morgan fingerprint density at radius 3 is 2.61 bits per heavy atom. The number of carbonyl (C=O) groups is 2. The first-order valence-corrected chi connectivity index (χ1v) is 10.4. The van der Waals surface area contributed by atoms with Gasteiger partial charge >= 0.3 is 0 Å². The van der Waals surface area contributed by atoms with Crippen LogP contribution in [0.5, 0.6) is 0 Å². The molecule has 0 saturated carbocycles. The van der Waals surface area contributed by atoms with Crippen molar-refractivity contribution in [2.24, 2.45) is 5.92 Å². The molecule has 1 aliphatic heterocycles. The minimum absolute atomic E-state index is 0.0515. The predicted molar refractivity (Wildman–Crippen MR) is 110 cm³/mol. The van der Waals surface area contributed by atoms with Crippen LogP contribution in [0, 0.1) is 5.92 Å². The average Bonchev–Trinajstić information content (AvgIpc) is 2.74. The first-order valence-electron chi connectivity index (χ1n) is 10.4. The number of nitrogens with zero attached hydrogens (tertiary/aromatic N) is 3. The molecular formula is C21H34N4O3. The van der Waals surface area contributed by atoms with E-state index in [0.29, 0.717) is 25.6 Å². The molecular weight excluding hydrogens is 356 g/mol. The zero-order chi connectivity index (χ0) is 20.2. The van der Waals surface area contributed by atoms with E-state index in [1.165, 1.54) is 12.8 Å². The van der Waals surface area contributed by atoms with E-state index in [1.54, 1.807) is 11.1 Å². The Kier molecular flexibility index (Phi) is 9.76. The van der Waals surface area contributed by atoms with Gasteiger partial charge in [-0.05, 0) is 24.5 Å². The zero-order valence-electron chi connectivity index (χ0n) is 17.2. The number of unbranched alkanes of at least 4 members (excludes halogenated alkanes) is 1. The molecule has 0 spiro atoms. The quantitative estimate of drug-likeness (QED) is 0.626. The van der Waals surface area contributed by atoms with Gasteiger partial charge in [0.05, 0.1) is 0 Å². The van der Waals surface area contributed by atoms with Crippen LogP contribution in [-0.4, -0.2) is 67.6 Å². The van der Waals surface area contributed by atoms with Gasteiger partial charge in [0.25, 0.3) is 0 Å². The molecule has 0 bridgehead atoms. The topological polar surface area (TPSA) is 74.8 Å². The number of hydrogen-bond acceptors (Lipinski definition) is 5. The van der Waals surface area contributed by atoms with Crippen molar-refractivity contribution in [3.63, 3.8) is 0 Å². The zero-order valence-corrected chi connectivity index (χ0v) is 17.2. The lowest BCUT2D eigenvalue weighted by Crippen LogP contribution is -2.50. The van der Waals surface area contributed by atoms with Crippen molar-refractivity contribution in [3.8, 4) is 0 Å². The lowest BCUT2D eigenvalue weighted by molar-refractivity contribution is -0.138. The molecule has 1 N–H and O–H groups in total.